The number of fused-ring (bicyclic) bond motifs is 1. The number of unbranched alkanes of at least 4 members (excludes halogenated alkanes) is 2. The van der Waals surface area contributed by atoms with Crippen LogP contribution in [0.15, 0.2) is 12.3 Å². The van der Waals surface area contributed by atoms with Crippen LogP contribution < -0.4 is 5.32 Å². The first kappa shape index (κ1) is 15.9. The minimum atomic E-state index is -0.784. The molecule has 0 aliphatic carbocycles. The summed E-state index contributed by atoms with van der Waals surface area (Å²) >= 11 is 0. The van der Waals surface area contributed by atoms with E-state index in [-0.39, 0.29) is 12.3 Å². The van der Waals surface area contributed by atoms with E-state index in [0.717, 1.165) is 29.9 Å². The second-order valence-corrected chi connectivity index (χ2v) is 5.27. The first-order valence-corrected chi connectivity index (χ1v) is 7.31. The fourth-order valence-electron chi connectivity index (χ4n) is 2.26. The van der Waals surface area contributed by atoms with Gasteiger partial charge in [0.1, 0.15) is 0 Å². The average Bonchev–Trinajstić information content (AvgIpc) is 2.84. The second kappa shape index (κ2) is 7.02. The number of hydrogen-bond acceptors (Lipinski definition) is 4. The molecule has 2 aromatic heterocycles. The molecule has 0 spiro atoms. The zero-order chi connectivity index (χ0) is 16.1. The highest BCUT2D eigenvalue weighted by Crippen LogP contribution is 2.11. The zero-order valence-corrected chi connectivity index (χ0v) is 12.8. The Morgan fingerprint density at radius 2 is 2.05 bits per heavy atom. The Hall–Kier alpha value is -2.44. The van der Waals surface area contributed by atoms with Gasteiger partial charge >= 0.3 is 5.97 Å². The summed E-state index contributed by atoms with van der Waals surface area (Å²) in [7, 11) is 0. The maximum Gasteiger partial charge on any atom is 0.303 e. The van der Waals surface area contributed by atoms with Gasteiger partial charge in [0.2, 0.25) is 0 Å². The molecule has 2 rings (SSSR count). The maximum absolute atomic E-state index is 12.2. The van der Waals surface area contributed by atoms with Crippen LogP contribution in [0.25, 0.3) is 5.65 Å². The molecule has 0 bridgehead atoms. The lowest BCUT2D eigenvalue weighted by atomic mass is 10.2. The molecule has 7 nitrogen and oxygen atoms in total. The van der Waals surface area contributed by atoms with Gasteiger partial charge in [-0.05, 0) is 26.7 Å². The summed E-state index contributed by atoms with van der Waals surface area (Å²) in [5.41, 5.74) is 2.83. The maximum atomic E-state index is 12.2. The lowest BCUT2D eigenvalue weighted by molar-refractivity contribution is -0.137. The van der Waals surface area contributed by atoms with Crippen molar-refractivity contribution < 1.29 is 14.7 Å². The summed E-state index contributed by atoms with van der Waals surface area (Å²) in [5, 5.41) is 15.7. The fraction of sp³-hybridized carbons (Fsp3) is 0.467. The highest BCUT2D eigenvalue weighted by molar-refractivity contribution is 5.95. The van der Waals surface area contributed by atoms with E-state index in [1.54, 1.807) is 10.7 Å². The van der Waals surface area contributed by atoms with Crippen molar-refractivity contribution in [3.8, 4) is 0 Å². The van der Waals surface area contributed by atoms with E-state index in [0.29, 0.717) is 18.5 Å². The molecule has 0 aliphatic heterocycles. The first-order valence-electron chi connectivity index (χ1n) is 7.31. The number of rotatable bonds is 7. The van der Waals surface area contributed by atoms with E-state index < -0.39 is 5.97 Å². The first-order chi connectivity index (χ1) is 10.5. The molecular weight excluding hydrogens is 284 g/mol. The van der Waals surface area contributed by atoms with E-state index in [1.807, 2.05) is 19.9 Å². The zero-order valence-electron chi connectivity index (χ0n) is 12.8. The quantitative estimate of drug-likeness (QED) is 0.759. The molecule has 0 saturated heterocycles. The van der Waals surface area contributed by atoms with Gasteiger partial charge in [-0.25, -0.2) is 9.50 Å². The number of hydrogen-bond donors (Lipinski definition) is 2. The smallest absolute Gasteiger partial charge is 0.303 e. The normalized spacial score (nSPS) is 10.8. The number of amides is 1. The Balaban J connectivity index is 1.90. The van der Waals surface area contributed by atoms with Crippen LogP contribution in [0, 0.1) is 13.8 Å². The van der Waals surface area contributed by atoms with Crippen LogP contribution in [0.3, 0.4) is 0 Å². The highest BCUT2D eigenvalue weighted by Gasteiger charge is 2.13. The third-order valence-electron chi connectivity index (χ3n) is 3.44. The van der Waals surface area contributed by atoms with Crippen LogP contribution in [0.1, 0.15) is 47.4 Å². The van der Waals surface area contributed by atoms with Crippen molar-refractivity contribution in [1.29, 1.82) is 0 Å². The van der Waals surface area contributed by atoms with Crippen molar-refractivity contribution in [2.45, 2.75) is 39.5 Å². The highest BCUT2D eigenvalue weighted by atomic mass is 16.4. The molecule has 118 valence electrons. The van der Waals surface area contributed by atoms with Crippen molar-refractivity contribution in [1.82, 2.24) is 19.9 Å². The van der Waals surface area contributed by atoms with Gasteiger partial charge in [0, 0.05) is 25.2 Å². The number of aryl methyl sites for hydroxylation is 2. The van der Waals surface area contributed by atoms with E-state index in [4.69, 9.17) is 5.11 Å². The molecule has 22 heavy (non-hydrogen) atoms. The minimum absolute atomic E-state index is 0.173. The Bertz CT molecular complexity index is 693. The number of carbonyl (C=O) groups excluding carboxylic acids is 1. The predicted octanol–water partition coefficient (Wildman–Crippen LogP) is 1.72. The number of aromatic nitrogens is 3. The van der Waals surface area contributed by atoms with Crippen LogP contribution >= 0.6 is 0 Å². The molecule has 0 radical (unpaired) electrons. The average molecular weight is 304 g/mol. The van der Waals surface area contributed by atoms with Crippen LogP contribution in [0.2, 0.25) is 0 Å². The Morgan fingerprint density at radius 3 is 2.77 bits per heavy atom. The molecule has 0 aromatic carbocycles. The summed E-state index contributed by atoms with van der Waals surface area (Å²) < 4.78 is 1.66. The largest absolute Gasteiger partial charge is 0.481 e. The summed E-state index contributed by atoms with van der Waals surface area (Å²) in [6.45, 7) is 4.24. The van der Waals surface area contributed by atoms with Gasteiger partial charge in [-0.1, -0.05) is 6.42 Å². The van der Waals surface area contributed by atoms with E-state index in [9.17, 15) is 9.59 Å². The molecule has 2 N–H and O–H groups in total. The van der Waals surface area contributed by atoms with E-state index >= 15 is 0 Å². The Labute approximate surface area is 128 Å². The Morgan fingerprint density at radius 1 is 1.27 bits per heavy atom. The van der Waals surface area contributed by atoms with Gasteiger partial charge < -0.3 is 10.4 Å². The van der Waals surface area contributed by atoms with Crippen molar-refractivity contribution in [3.63, 3.8) is 0 Å². The fourth-order valence-corrected chi connectivity index (χ4v) is 2.26. The SMILES string of the molecule is Cc1cc2ncc(C(=O)NCCCCCC(=O)O)c(C)n2n1. The monoisotopic (exact) mass is 304 g/mol. The topological polar surface area (TPSA) is 96.6 Å². The van der Waals surface area contributed by atoms with Gasteiger partial charge in [0.25, 0.3) is 5.91 Å². The van der Waals surface area contributed by atoms with Crippen LogP contribution in [-0.4, -0.2) is 38.1 Å². The molecular formula is C15H20N4O3. The predicted molar refractivity (Wildman–Crippen MR) is 80.9 cm³/mol. The van der Waals surface area contributed by atoms with Crippen LogP contribution in [0.4, 0.5) is 0 Å². The molecule has 7 heteroatoms. The Kier molecular flexibility index (Phi) is 5.08. The van der Waals surface area contributed by atoms with Gasteiger partial charge in [-0.2, -0.15) is 5.10 Å². The third kappa shape index (κ3) is 3.81. The molecule has 2 aromatic rings. The van der Waals surface area contributed by atoms with E-state index in [1.165, 1.54) is 0 Å². The number of carboxylic acids is 1. The summed E-state index contributed by atoms with van der Waals surface area (Å²) in [6, 6.07) is 1.86. The van der Waals surface area contributed by atoms with Crippen molar-refractivity contribution in [2.75, 3.05) is 6.54 Å². The van der Waals surface area contributed by atoms with Crippen molar-refractivity contribution in [3.05, 3.63) is 29.2 Å². The summed E-state index contributed by atoms with van der Waals surface area (Å²) in [6.07, 6.45) is 3.90. The number of carboxylic acid groups (broad SMARTS) is 1. The lowest BCUT2D eigenvalue weighted by Gasteiger charge is -2.08. The second-order valence-electron chi connectivity index (χ2n) is 5.27. The molecule has 0 unspecified atom stereocenters. The molecule has 0 aliphatic rings. The van der Waals surface area contributed by atoms with E-state index in [2.05, 4.69) is 15.4 Å². The number of carbonyl (C=O) groups is 2. The molecule has 0 atom stereocenters. The minimum Gasteiger partial charge on any atom is -0.481 e. The third-order valence-corrected chi connectivity index (χ3v) is 3.44. The van der Waals surface area contributed by atoms with Gasteiger partial charge in [-0.3, -0.25) is 9.59 Å². The molecule has 2 heterocycles. The molecule has 0 saturated carbocycles. The molecule has 1 amide bonds. The summed E-state index contributed by atoms with van der Waals surface area (Å²) in [4.78, 5) is 26.8. The number of aliphatic carboxylic acids is 1. The standard InChI is InChI=1S/C15H20N4O3/c1-10-8-13-17-9-12(11(2)19(13)18-10)15(22)16-7-5-3-4-6-14(20)21/h8-9H,3-7H2,1-2H3,(H,16,22)(H,20,21). The van der Waals surface area contributed by atoms with Gasteiger partial charge in [-0.15, -0.1) is 0 Å². The van der Waals surface area contributed by atoms with Crippen molar-refractivity contribution >= 4 is 17.5 Å². The van der Waals surface area contributed by atoms with Crippen LogP contribution in [-0.2, 0) is 4.79 Å². The van der Waals surface area contributed by atoms with Gasteiger partial charge in [0.05, 0.1) is 17.0 Å². The van der Waals surface area contributed by atoms with Crippen molar-refractivity contribution in [2.24, 2.45) is 0 Å². The summed E-state index contributed by atoms with van der Waals surface area (Å²) in [5.74, 6) is -0.966. The molecule has 0 fully saturated rings. The lowest BCUT2D eigenvalue weighted by Crippen LogP contribution is -2.26. The van der Waals surface area contributed by atoms with Crippen LogP contribution in [0.5, 0.6) is 0 Å². The van der Waals surface area contributed by atoms with Gasteiger partial charge in [0.15, 0.2) is 5.65 Å². The number of nitrogens with one attached hydrogen (secondary N) is 1. The number of nitrogens with zero attached hydrogens (tertiary/aromatic N) is 3.